The molecule has 0 spiro atoms. The van der Waals surface area contributed by atoms with Gasteiger partial charge in [0.25, 0.3) is 0 Å². The average molecular weight is 410 g/mol. The Kier molecular flexibility index (Phi) is 6.40. The van der Waals surface area contributed by atoms with E-state index in [1.807, 2.05) is 33.0 Å². The number of hydrogen-bond donors (Lipinski definition) is 0. The van der Waals surface area contributed by atoms with Gasteiger partial charge in [0.2, 0.25) is 0 Å². The van der Waals surface area contributed by atoms with Crippen molar-refractivity contribution in [3.8, 4) is 0 Å². The van der Waals surface area contributed by atoms with Gasteiger partial charge in [-0.2, -0.15) is 0 Å². The Labute approximate surface area is 180 Å². The number of carbonyl (C=O) groups is 1. The summed E-state index contributed by atoms with van der Waals surface area (Å²) in [5.41, 5.74) is 1.91. The van der Waals surface area contributed by atoms with Crippen molar-refractivity contribution >= 4 is 16.9 Å². The minimum atomic E-state index is -0.411. The predicted octanol–water partition coefficient (Wildman–Crippen LogP) is 4.25. The Morgan fingerprint density at radius 2 is 1.83 bits per heavy atom. The molecule has 2 aromatic rings. The molecule has 0 unspecified atom stereocenters. The quantitative estimate of drug-likeness (QED) is 0.707. The summed E-state index contributed by atoms with van der Waals surface area (Å²) in [4.78, 5) is 22.5. The van der Waals surface area contributed by atoms with Crippen LogP contribution in [0.3, 0.4) is 0 Å². The molecule has 0 N–H and O–H groups in total. The highest BCUT2D eigenvalue weighted by atomic mass is 16.6. The lowest BCUT2D eigenvalue weighted by Gasteiger charge is -2.43. The molecule has 1 aliphatic heterocycles. The van der Waals surface area contributed by atoms with E-state index in [0.717, 1.165) is 57.5 Å². The van der Waals surface area contributed by atoms with Gasteiger partial charge in [0.15, 0.2) is 0 Å². The van der Waals surface area contributed by atoms with Gasteiger partial charge in [-0.25, -0.2) is 0 Å². The minimum absolute atomic E-state index is 0.00290. The predicted molar refractivity (Wildman–Crippen MR) is 120 cm³/mol. The summed E-state index contributed by atoms with van der Waals surface area (Å²) < 4.78 is 5.75. The van der Waals surface area contributed by atoms with E-state index in [-0.39, 0.29) is 11.9 Å². The largest absolute Gasteiger partial charge is 0.460 e. The van der Waals surface area contributed by atoms with Crippen LogP contribution in [-0.4, -0.2) is 58.6 Å². The fourth-order valence-corrected chi connectivity index (χ4v) is 4.92. The first kappa shape index (κ1) is 21.3. The number of fused-ring (bicyclic) bond motifs is 1. The van der Waals surface area contributed by atoms with Crippen LogP contribution in [0.25, 0.3) is 10.9 Å². The molecule has 0 radical (unpaired) electrons. The third-order valence-electron chi connectivity index (χ3n) is 6.37. The molecule has 1 aromatic carbocycles. The van der Waals surface area contributed by atoms with E-state index in [1.54, 1.807) is 0 Å². The van der Waals surface area contributed by atoms with E-state index in [4.69, 9.17) is 4.74 Å². The molecule has 2 aliphatic rings. The van der Waals surface area contributed by atoms with Crippen molar-refractivity contribution in [2.24, 2.45) is 5.92 Å². The molecule has 1 saturated heterocycles. The summed E-state index contributed by atoms with van der Waals surface area (Å²) in [5, 5.41) is 1.20. The van der Waals surface area contributed by atoms with Gasteiger partial charge in [-0.15, -0.1) is 0 Å². The zero-order valence-electron chi connectivity index (χ0n) is 18.6. The van der Waals surface area contributed by atoms with Crippen molar-refractivity contribution < 1.29 is 9.53 Å². The van der Waals surface area contributed by atoms with E-state index < -0.39 is 5.60 Å². The summed E-state index contributed by atoms with van der Waals surface area (Å²) in [6, 6.07) is 10.9. The number of esters is 1. The van der Waals surface area contributed by atoms with E-state index >= 15 is 0 Å². The van der Waals surface area contributed by atoms with Gasteiger partial charge in [-0.1, -0.05) is 31.0 Å². The van der Waals surface area contributed by atoms with E-state index in [9.17, 15) is 4.79 Å². The number of benzene rings is 1. The van der Waals surface area contributed by atoms with Crippen LogP contribution in [0.1, 0.15) is 52.0 Å². The third-order valence-corrected chi connectivity index (χ3v) is 6.37. The second kappa shape index (κ2) is 9.03. The summed E-state index contributed by atoms with van der Waals surface area (Å²) in [7, 11) is 0. The minimum Gasteiger partial charge on any atom is -0.460 e. The van der Waals surface area contributed by atoms with Gasteiger partial charge in [-0.3, -0.25) is 19.6 Å². The first-order valence-corrected chi connectivity index (χ1v) is 11.4. The van der Waals surface area contributed by atoms with Crippen LogP contribution in [-0.2, 0) is 16.1 Å². The van der Waals surface area contributed by atoms with Crippen LogP contribution in [0.2, 0.25) is 0 Å². The van der Waals surface area contributed by atoms with Crippen molar-refractivity contribution in [2.75, 3.05) is 26.2 Å². The van der Waals surface area contributed by atoms with Gasteiger partial charge in [0, 0.05) is 50.3 Å². The number of para-hydroxylation sites is 1. The molecule has 1 saturated carbocycles. The highest BCUT2D eigenvalue weighted by Gasteiger charge is 2.38. The van der Waals surface area contributed by atoms with Crippen LogP contribution in [0.5, 0.6) is 0 Å². The van der Waals surface area contributed by atoms with Gasteiger partial charge < -0.3 is 4.74 Å². The lowest BCUT2D eigenvalue weighted by Crippen LogP contribution is -2.54. The molecule has 2 atom stereocenters. The number of hydrogen-bond acceptors (Lipinski definition) is 5. The van der Waals surface area contributed by atoms with Crippen molar-refractivity contribution in [1.29, 1.82) is 0 Å². The Balaban J connectivity index is 1.35. The zero-order valence-corrected chi connectivity index (χ0v) is 18.6. The van der Waals surface area contributed by atoms with Crippen LogP contribution in [0, 0.1) is 5.92 Å². The number of pyridine rings is 1. The highest BCUT2D eigenvalue weighted by molar-refractivity contribution is 5.78. The standard InChI is InChI=1S/C25H35N3O2/c1-25(2,3)30-24(29)21-9-5-7-11-23(21)28-14-12-27(13-15-28)18-19-16-20-8-4-6-10-22(20)26-17-19/h4,6,8,10,16-17,21,23H,5,7,9,11-15,18H2,1-3H3/t21-,23-/m0/s1. The SMILES string of the molecule is CC(C)(C)OC(=O)[C@H]1CCCC[C@@H]1N1CCN(Cc2cnc3ccccc3c2)CC1. The van der Waals surface area contributed by atoms with Crippen LogP contribution in [0.15, 0.2) is 36.5 Å². The van der Waals surface area contributed by atoms with E-state index in [1.165, 1.54) is 17.4 Å². The van der Waals surface area contributed by atoms with E-state index in [2.05, 4.69) is 39.0 Å². The van der Waals surface area contributed by atoms with Crippen molar-refractivity contribution in [3.05, 3.63) is 42.1 Å². The molecular weight excluding hydrogens is 374 g/mol. The van der Waals surface area contributed by atoms with Gasteiger partial charge >= 0.3 is 5.97 Å². The molecule has 2 fully saturated rings. The summed E-state index contributed by atoms with van der Waals surface area (Å²) in [6.45, 7) is 10.9. The Hall–Kier alpha value is -1.98. The molecule has 5 heteroatoms. The molecule has 2 heterocycles. The van der Waals surface area contributed by atoms with Crippen molar-refractivity contribution in [3.63, 3.8) is 0 Å². The number of rotatable bonds is 4. The number of carbonyl (C=O) groups excluding carboxylic acids is 1. The first-order valence-electron chi connectivity index (χ1n) is 11.4. The number of nitrogens with zero attached hydrogens (tertiary/aromatic N) is 3. The zero-order chi connectivity index (χ0) is 21.1. The average Bonchev–Trinajstić information content (AvgIpc) is 2.73. The Bertz CT molecular complexity index is 868. The second-order valence-electron chi connectivity index (χ2n) is 9.84. The number of piperazine rings is 1. The Morgan fingerprint density at radius 3 is 2.60 bits per heavy atom. The van der Waals surface area contributed by atoms with Crippen molar-refractivity contribution in [2.45, 2.75) is 64.6 Å². The number of aromatic nitrogens is 1. The van der Waals surface area contributed by atoms with Crippen LogP contribution in [0.4, 0.5) is 0 Å². The molecule has 162 valence electrons. The second-order valence-corrected chi connectivity index (χ2v) is 9.84. The van der Waals surface area contributed by atoms with Gasteiger partial charge in [0.05, 0.1) is 11.4 Å². The smallest absolute Gasteiger partial charge is 0.311 e. The molecule has 0 amide bonds. The van der Waals surface area contributed by atoms with Gasteiger partial charge in [-0.05, 0) is 51.3 Å². The monoisotopic (exact) mass is 409 g/mol. The molecule has 1 aromatic heterocycles. The summed E-state index contributed by atoms with van der Waals surface area (Å²) in [5.74, 6) is 0.0195. The topological polar surface area (TPSA) is 45.7 Å². The molecule has 0 bridgehead atoms. The molecule has 4 rings (SSSR count). The third kappa shape index (κ3) is 5.19. The number of ether oxygens (including phenoxy) is 1. The maximum Gasteiger partial charge on any atom is 0.311 e. The molecule has 5 nitrogen and oxygen atoms in total. The fourth-order valence-electron chi connectivity index (χ4n) is 4.92. The van der Waals surface area contributed by atoms with Crippen LogP contribution < -0.4 is 0 Å². The van der Waals surface area contributed by atoms with E-state index in [0.29, 0.717) is 6.04 Å². The van der Waals surface area contributed by atoms with Crippen molar-refractivity contribution in [1.82, 2.24) is 14.8 Å². The fraction of sp³-hybridized carbons (Fsp3) is 0.600. The maximum absolute atomic E-state index is 12.8. The van der Waals surface area contributed by atoms with Gasteiger partial charge in [0.1, 0.15) is 5.60 Å². The molecular formula is C25H35N3O2. The summed E-state index contributed by atoms with van der Waals surface area (Å²) in [6.07, 6.45) is 6.43. The molecule has 1 aliphatic carbocycles. The Morgan fingerprint density at radius 1 is 1.10 bits per heavy atom. The maximum atomic E-state index is 12.8. The first-order chi connectivity index (χ1) is 14.4. The highest BCUT2D eigenvalue weighted by Crippen LogP contribution is 2.31. The lowest BCUT2D eigenvalue weighted by atomic mass is 9.83. The molecule has 30 heavy (non-hydrogen) atoms. The summed E-state index contributed by atoms with van der Waals surface area (Å²) >= 11 is 0. The van der Waals surface area contributed by atoms with Crippen LogP contribution >= 0.6 is 0 Å². The normalized spacial score (nSPS) is 24.1. The lowest BCUT2D eigenvalue weighted by molar-refractivity contribution is -0.164.